The number of nitrogens with one attached hydrogen (secondary N) is 2. The van der Waals surface area contributed by atoms with E-state index in [0.717, 1.165) is 42.5 Å². The summed E-state index contributed by atoms with van der Waals surface area (Å²) in [5, 5.41) is 7.52. The van der Waals surface area contributed by atoms with E-state index in [2.05, 4.69) is 20.5 Å². The monoisotopic (exact) mass is 447 g/mol. The van der Waals surface area contributed by atoms with Gasteiger partial charge in [0.25, 0.3) is 0 Å². The van der Waals surface area contributed by atoms with E-state index in [-0.39, 0.29) is 11.9 Å². The summed E-state index contributed by atoms with van der Waals surface area (Å²) in [6.07, 6.45) is 0.972. The molecule has 1 saturated heterocycles. The third-order valence-corrected chi connectivity index (χ3v) is 5.53. The molecule has 1 unspecified atom stereocenters. The number of rotatable bonds is 7. The van der Waals surface area contributed by atoms with Gasteiger partial charge in [-0.3, -0.25) is 4.99 Å². The second kappa shape index (κ2) is 10.7. The number of guanidine groups is 1. The van der Waals surface area contributed by atoms with Crippen LogP contribution in [-0.2, 0) is 13.1 Å². The van der Waals surface area contributed by atoms with Crippen molar-refractivity contribution in [1.29, 1.82) is 0 Å². The molecule has 3 rings (SSSR count). The lowest BCUT2D eigenvalue weighted by Crippen LogP contribution is -2.44. The molecular formula is C23H31ClFN5O. The summed E-state index contributed by atoms with van der Waals surface area (Å²) < 4.78 is 19.5. The van der Waals surface area contributed by atoms with Gasteiger partial charge < -0.3 is 25.2 Å². The Morgan fingerprint density at radius 1 is 1.29 bits per heavy atom. The van der Waals surface area contributed by atoms with Gasteiger partial charge in [0.05, 0.1) is 12.8 Å². The highest BCUT2D eigenvalue weighted by Gasteiger charge is 2.25. The molecule has 1 heterocycles. The van der Waals surface area contributed by atoms with E-state index in [1.807, 2.05) is 43.3 Å². The topological polar surface area (TPSA) is 52.1 Å². The van der Waals surface area contributed by atoms with Gasteiger partial charge in [-0.2, -0.15) is 0 Å². The molecule has 0 saturated carbocycles. The number of methoxy groups -OCH3 is 1. The fraction of sp³-hybridized carbons (Fsp3) is 0.435. The second-order valence-electron chi connectivity index (χ2n) is 7.98. The summed E-state index contributed by atoms with van der Waals surface area (Å²) >= 11 is 6.19. The van der Waals surface area contributed by atoms with Gasteiger partial charge in [0, 0.05) is 49.9 Å². The Bertz CT molecular complexity index is 921. The minimum Gasteiger partial charge on any atom is -0.495 e. The SMILES string of the molecule is CN=C(NCc1ccc(F)c(CN(C)C)c1)NC1CCN(c2cc(Cl)ccc2OC)C1. The highest BCUT2D eigenvalue weighted by atomic mass is 35.5. The molecule has 0 aliphatic carbocycles. The first kappa shape index (κ1) is 23.2. The zero-order chi connectivity index (χ0) is 22.4. The fourth-order valence-electron chi connectivity index (χ4n) is 3.78. The Balaban J connectivity index is 1.57. The maximum atomic E-state index is 14.0. The molecule has 31 heavy (non-hydrogen) atoms. The number of anilines is 1. The van der Waals surface area contributed by atoms with Gasteiger partial charge in [-0.25, -0.2) is 4.39 Å². The van der Waals surface area contributed by atoms with Crippen molar-refractivity contribution in [3.05, 3.63) is 58.4 Å². The molecule has 1 aliphatic heterocycles. The third kappa shape index (κ3) is 6.24. The van der Waals surface area contributed by atoms with Crippen molar-refractivity contribution in [3.63, 3.8) is 0 Å². The minimum absolute atomic E-state index is 0.178. The molecule has 2 N–H and O–H groups in total. The molecule has 2 aromatic carbocycles. The highest BCUT2D eigenvalue weighted by Crippen LogP contribution is 2.33. The largest absolute Gasteiger partial charge is 0.495 e. The van der Waals surface area contributed by atoms with Gasteiger partial charge in [-0.05, 0) is 56.4 Å². The van der Waals surface area contributed by atoms with Gasteiger partial charge in [0.2, 0.25) is 0 Å². The van der Waals surface area contributed by atoms with Crippen molar-refractivity contribution < 1.29 is 9.13 Å². The maximum absolute atomic E-state index is 14.0. The number of hydrogen-bond donors (Lipinski definition) is 2. The van der Waals surface area contributed by atoms with Crippen LogP contribution in [0.15, 0.2) is 41.4 Å². The van der Waals surface area contributed by atoms with Gasteiger partial charge in [-0.1, -0.05) is 17.7 Å². The quantitative estimate of drug-likeness (QED) is 0.502. The Hall–Kier alpha value is -2.51. The fourth-order valence-corrected chi connectivity index (χ4v) is 3.95. The first-order valence-electron chi connectivity index (χ1n) is 10.4. The molecule has 0 amide bonds. The average molecular weight is 448 g/mol. The van der Waals surface area contributed by atoms with Crippen LogP contribution in [0.5, 0.6) is 5.75 Å². The first-order valence-corrected chi connectivity index (χ1v) is 10.7. The predicted octanol–water partition coefficient (Wildman–Crippen LogP) is 3.49. The molecule has 2 aromatic rings. The lowest BCUT2D eigenvalue weighted by atomic mass is 10.1. The normalized spacial score (nSPS) is 16.7. The Kier molecular flexibility index (Phi) is 7.98. The number of aliphatic imine (C=N–C) groups is 1. The maximum Gasteiger partial charge on any atom is 0.191 e. The standard InChI is InChI=1S/C23H31ClFN5O/c1-26-23(27-13-16-5-7-20(25)17(11-16)14-29(2)3)28-19-9-10-30(15-19)21-12-18(24)6-8-22(21)31-4/h5-8,11-12,19H,9-10,13-15H2,1-4H3,(H2,26,27,28). The highest BCUT2D eigenvalue weighted by molar-refractivity contribution is 6.30. The molecule has 0 spiro atoms. The van der Waals surface area contributed by atoms with Crippen LogP contribution in [0.4, 0.5) is 10.1 Å². The van der Waals surface area contributed by atoms with E-state index in [9.17, 15) is 4.39 Å². The van der Waals surface area contributed by atoms with Crippen molar-refractivity contribution in [2.24, 2.45) is 4.99 Å². The van der Waals surface area contributed by atoms with E-state index < -0.39 is 0 Å². The van der Waals surface area contributed by atoms with Gasteiger partial charge in [0.15, 0.2) is 5.96 Å². The zero-order valence-corrected chi connectivity index (χ0v) is 19.3. The van der Waals surface area contributed by atoms with Crippen LogP contribution < -0.4 is 20.3 Å². The van der Waals surface area contributed by atoms with Gasteiger partial charge >= 0.3 is 0 Å². The molecule has 6 nitrogen and oxygen atoms in total. The lowest BCUT2D eigenvalue weighted by Gasteiger charge is -2.22. The first-order chi connectivity index (χ1) is 14.9. The van der Waals surface area contributed by atoms with Crippen LogP contribution in [0.1, 0.15) is 17.5 Å². The number of benzene rings is 2. The summed E-state index contributed by atoms with van der Waals surface area (Å²) in [7, 11) is 7.29. The average Bonchev–Trinajstić information content (AvgIpc) is 3.21. The lowest BCUT2D eigenvalue weighted by molar-refractivity contribution is 0.392. The van der Waals surface area contributed by atoms with Crippen LogP contribution in [0.2, 0.25) is 5.02 Å². The number of nitrogens with zero attached hydrogens (tertiary/aromatic N) is 3. The van der Waals surface area contributed by atoms with Crippen LogP contribution in [0.25, 0.3) is 0 Å². The van der Waals surface area contributed by atoms with E-state index in [4.69, 9.17) is 16.3 Å². The summed E-state index contributed by atoms with van der Waals surface area (Å²) in [4.78, 5) is 8.57. The summed E-state index contributed by atoms with van der Waals surface area (Å²) in [6.45, 7) is 2.86. The summed E-state index contributed by atoms with van der Waals surface area (Å²) in [6, 6.07) is 11.1. The number of ether oxygens (including phenoxy) is 1. The van der Waals surface area contributed by atoms with E-state index in [1.165, 1.54) is 6.07 Å². The van der Waals surface area contributed by atoms with Gasteiger partial charge in [0.1, 0.15) is 11.6 Å². The molecule has 8 heteroatoms. The van der Waals surface area contributed by atoms with Crippen molar-refractivity contribution in [2.75, 3.05) is 46.2 Å². The molecule has 168 valence electrons. The van der Waals surface area contributed by atoms with Crippen molar-refractivity contribution in [2.45, 2.75) is 25.6 Å². The Morgan fingerprint density at radius 2 is 2.10 bits per heavy atom. The molecule has 1 fully saturated rings. The number of hydrogen-bond acceptors (Lipinski definition) is 4. The van der Waals surface area contributed by atoms with Crippen LogP contribution in [0, 0.1) is 5.82 Å². The van der Waals surface area contributed by atoms with E-state index in [1.54, 1.807) is 20.2 Å². The summed E-state index contributed by atoms with van der Waals surface area (Å²) in [5.74, 6) is 1.36. The minimum atomic E-state index is -0.178. The predicted molar refractivity (Wildman–Crippen MR) is 126 cm³/mol. The molecule has 1 atom stereocenters. The number of halogens is 2. The molecule has 0 radical (unpaired) electrons. The molecule has 0 bridgehead atoms. The third-order valence-electron chi connectivity index (χ3n) is 5.29. The zero-order valence-electron chi connectivity index (χ0n) is 18.6. The second-order valence-corrected chi connectivity index (χ2v) is 8.42. The van der Waals surface area contributed by atoms with Crippen molar-refractivity contribution in [1.82, 2.24) is 15.5 Å². The molecule has 1 aliphatic rings. The summed E-state index contributed by atoms with van der Waals surface area (Å²) in [5.41, 5.74) is 2.70. The van der Waals surface area contributed by atoms with Gasteiger partial charge in [-0.15, -0.1) is 0 Å². The Morgan fingerprint density at radius 3 is 2.81 bits per heavy atom. The van der Waals surface area contributed by atoms with Crippen LogP contribution in [-0.4, -0.2) is 58.2 Å². The Labute approximate surface area is 189 Å². The molecule has 0 aromatic heterocycles. The van der Waals surface area contributed by atoms with Crippen LogP contribution >= 0.6 is 11.6 Å². The van der Waals surface area contributed by atoms with Crippen molar-refractivity contribution >= 4 is 23.2 Å². The van der Waals surface area contributed by atoms with Crippen molar-refractivity contribution in [3.8, 4) is 5.75 Å². The van der Waals surface area contributed by atoms with E-state index in [0.29, 0.717) is 23.7 Å². The molecular weight excluding hydrogens is 417 g/mol. The van der Waals surface area contributed by atoms with E-state index >= 15 is 0 Å². The van der Waals surface area contributed by atoms with Crippen LogP contribution in [0.3, 0.4) is 0 Å². The smallest absolute Gasteiger partial charge is 0.191 e.